The topological polar surface area (TPSA) is 68.0 Å². The first kappa shape index (κ1) is 14.9. The third-order valence-electron chi connectivity index (χ3n) is 3.15. The number of carbonyl (C=O) groups excluding carboxylic acids is 1. The smallest absolute Gasteiger partial charge is 0.226 e. The third-order valence-corrected chi connectivity index (χ3v) is 4.08. The number of rotatable bonds is 7. The summed E-state index contributed by atoms with van der Waals surface area (Å²) in [6.07, 6.45) is 4.67. The SMILES string of the molecule is Cc1ccc2nc(NC(=O)CCCCCCN)sc2c1. The largest absolute Gasteiger partial charge is 0.330 e. The second-order valence-electron chi connectivity index (χ2n) is 4.99. The first-order valence-electron chi connectivity index (χ1n) is 7.06. The normalized spacial score (nSPS) is 10.9. The number of thiazole rings is 1. The van der Waals surface area contributed by atoms with Crippen LogP contribution in [0.5, 0.6) is 0 Å². The molecule has 108 valence electrons. The van der Waals surface area contributed by atoms with E-state index >= 15 is 0 Å². The molecule has 0 spiro atoms. The first-order chi connectivity index (χ1) is 9.69. The van der Waals surface area contributed by atoms with E-state index in [4.69, 9.17) is 5.73 Å². The number of aromatic nitrogens is 1. The lowest BCUT2D eigenvalue weighted by Crippen LogP contribution is -2.10. The number of hydrogen-bond donors (Lipinski definition) is 2. The average Bonchev–Trinajstić information content (AvgIpc) is 2.79. The molecule has 0 atom stereocenters. The number of unbranched alkanes of at least 4 members (excludes halogenated alkanes) is 3. The van der Waals surface area contributed by atoms with Gasteiger partial charge in [0.05, 0.1) is 10.2 Å². The Balaban J connectivity index is 1.83. The van der Waals surface area contributed by atoms with Crippen LogP contribution in [-0.4, -0.2) is 17.4 Å². The maximum Gasteiger partial charge on any atom is 0.226 e. The molecule has 1 aromatic heterocycles. The molecule has 1 amide bonds. The Bertz CT molecular complexity index is 580. The summed E-state index contributed by atoms with van der Waals surface area (Å²) < 4.78 is 1.11. The van der Waals surface area contributed by atoms with Gasteiger partial charge in [0.25, 0.3) is 0 Å². The number of nitrogens with two attached hydrogens (primary N) is 1. The molecule has 0 saturated heterocycles. The highest BCUT2D eigenvalue weighted by molar-refractivity contribution is 7.22. The van der Waals surface area contributed by atoms with Gasteiger partial charge in [-0.05, 0) is 44.0 Å². The van der Waals surface area contributed by atoms with Crippen LogP contribution >= 0.6 is 11.3 Å². The van der Waals surface area contributed by atoms with E-state index in [1.54, 1.807) is 0 Å². The molecule has 1 aromatic carbocycles. The number of amides is 1. The van der Waals surface area contributed by atoms with Crippen molar-refractivity contribution in [2.75, 3.05) is 11.9 Å². The second kappa shape index (κ2) is 7.36. The number of fused-ring (bicyclic) bond motifs is 1. The monoisotopic (exact) mass is 291 g/mol. The summed E-state index contributed by atoms with van der Waals surface area (Å²) in [5.74, 6) is 0.0496. The van der Waals surface area contributed by atoms with Crippen molar-refractivity contribution >= 4 is 32.6 Å². The van der Waals surface area contributed by atoms with Crippen LogP contribution in [0, 0.1) is 6.92 Å². The molecule has 3 N–H and O–H groups in total. The molecular weight excluding hydrogens is 270 g/mol. The summed E-state index contributed by atoms with van der Waals surface area (Å²) in [5.41, 5.74) is 7.58. The number of aryl methyl sites for hydroxylation is 1. The van der Waals surface area contributed by atoms with Gasteiger partial charge in [-0.3, -0.25) is 4.79 Å². The molecule has 0 bridgehead atoms. The first-order valence-corrected chi connectivity index (χ1v) is 7.88. The molecule has 0 saturated carbocycles. The minimum atomic E-state index is 0.0496. The van der Waals surface area contributed by atoms with Crippen molar-refractivity contribution in [2.24, 2.45) is 5.73 Å². The van der Waals surface area contributed by atoms with Gasteiger partial charge in [-0.15, -0.1) is 0 Å². The Morgan fingerprint density at radius 3 is 2.90 bits per heavy atom. The molecule has 2 aromatic rings. The predicted octanol–water partition coefficient (Wildman–Crippen LogP) is 3.45. The Labute approximate surface area is 123 Å². The zero-order valence-electron chi connectivity index (χ0n) is 11.8. The minimum Gasteiger partial charge on any atom is -0.330 e. The summed E-state index contributed by atoms with van der Waals surface area (Å²) in [7, 11) is 0. The molecule has 1 heterocycles. The highest BCUT2D eigenvalue weighted by atomic mass is 32.1. The number of nitrogens with zero attached hydrogens (tertiary/aromatic N) is 1. The average molecular weight is 291 g/mol. The number of carbonyl (C=O) groups is 1. The van der Waals surface area contributed by atoms with Crippen LogP contribution in [0.2, 0.25) is 0 Å². The zero-order valence-corrected chi connectivity index (χ0v) is 12.6. The lowest BCUT2D eigenvalue weighted by Gasteiger charge is -2.01. The van der Waals surface area contributed by atoms with Crippen LogP contribution in [0.1, 0.15) is 37.7 Å². The molecule has 0 fully saturated rings. The van der Waals surface area contributed by atoms with Crippen LogP contribution < -0.4 is 11.1 Å². The van der Waals surface area contributed by atoms with Crippen molar-refractivity contribution in [3.8, 4) is 0 Å². The maximum atomic E-state index is 11.8. The van der Waals surface area contributed by atoms with Crippen molar-refractivity contribution in [3.05, 3.63) is 23.8 Å². The van der Waals surface area contributed by atoms with Gasteiger partial charge in [0, 0.05) is 6.42 Å². The van der Waals surface area contributed by atoms with Crippen LogP contribution in [-0.2, 0) is 4.79 Å². The van der Waals surface area contributed by atoms with E-state index in [2.05, 4.69) is 23.3 Å². The summed E-state index contributed by atoms with van der Waals surface area (Å²) in [5, 5.41) is 3.58. The van der Waals surface area contributed by atoms with Crippen molar-refractivity contribution in [1.29, 1.82) is 0 Å². The van der Waals surface area contributed by atoms with Crippen LogP contribution in [0.4, 0.5) is 5.13 Å². The van der Waals surface area contributed by atoms with Gasteiger partial charge in [0.1, 0.15) is 0 Å². The van der Waals surface area contributed by atoms with Crippen molar-refractivity contribution in [2.45, 2.75) is 39.0 Å². The molecule has 4 nitrogen and oxygen atoms in total. The fourth-order valence-electron chi connectivity index (χ4n) is 2.05. The van der Waals surface area contributed by atoms with E-state index in [9.17, 15) is 4.79 Å². The van der Waals surface area contributed by atoms with Gasteiger partial charge in [-0.1, -0.05) is 30.2 Å². The van der Waals surface area contributed by atoms with Crippen LogP contribution in [0.3, 0.4) is 0 Å². The number of anilines is 1. The Hall–Kier alpha value is -1.46. The summed E-state index contributed by atoms with van der Waals surface area (Å²) >= 11 is 1.53. The summed E-state index contributed by atoms with van der Waals surface area (Å²) in [4.78, 5) is 16.2. The highest BCUT2D eigenvalue weighted by Gasteiger charge is 2.07. The Kier molecular flexibility index (Phi) is 5.49. The third kappa shape index (κ3) is 4.28. The van der Waals surface area contributed by atoms with Crippen LogP contribution in [0.25, 0.3) is 10.2 Å². The zero-order chi connectivity index (χ0) is 14.4. The lowest BCUT2D eigenvalue weighted by molar-refractivity contribution is -0.116. The Morgan fingerprint density at radius 2 is 2.10 bits per heavy atom. The Morgan fingerprint density at radius 1 is 1.30 bits per heavy atom. The van der Waals surface area contributed by atoms with Crippen molar-refractivity contribution in [3.63, 3.8) is 0 Å². The molecular formula is C15H21N3OS. The van der Waals surface area contributed by atoms with Gasteiger partial charge in [0.2, 0.25) is 5.91 Å². The van der Waals surface area contributed by atoms with Gasteiger partial charge in [-0.2, -0.15) is 0 Å². The molecule has 20 heavy (non-hydrogen) atoms. The minimum absolute atomic E-state index is 0.0496. The molecule has 0 unspecified atom stereocenters. The standard InChI is InChI=1S/C15H21N3OS/c1-11-7-8-12-13(10-11)20-15(17-12)18-14(19)6-4-2-3-5-9-16/h7-8,10H,2-6,9,16H2,1H3,(H,17,18,19). The van der Waals surface area contributed by atoms with Gasteiger partial charge < -0.3 is 11.1 Å². The summed E-state index contributed by atoms with van der Waals surface area (Å²) in [6, 6.07) is 6.12. The molecule has 5 heteroatoms. The van der Waals surface area contributed by atoms with E-state index in [1.807, 2.05) is 12.1 Å². The molecule has 0 aliphatic carbocycles. The predicted molar refractivity (Wildman–Crippen MR) is 85.1 cm³/mol. The van der Waals surface area contributed by atoms with E-state index in [-0.39, 0.29) is 5.91 Å². The van der Waals surface area contributed by atoms with Gasteiger partial charge in [0.15, 0.2) is 5.13 Å². The van der Waals surface area contributed by atoms with E-state index < -0.39 is 0 Å². The fraction of sp³-hybridized carbons (Fsp3) is 0.467. The maximum absolute atomic E-state index is 11.8. The molecule has 0 aliphatic heterocycles. The van der Waals surface area contributed by atoms with Gasteiger partial charge >= 0.3 is 0 Å². The van der Waals surface area contributed by atoms with E-state index in [1.165, 1.54) is 16.9 Å². The molecule has 0 radical (unpaired) electrons. The van der Waals surface area contributed by atoms with Gasteiger partial charge in [-0.25, -0.2) is 4.98 Å². The van der Waals surface area contributed by atoms with E-state index in [0.717, 1.165) is 42.4 Å². The van der Waals surface area contributed by atoms with Crippen LogP contribution in [0.15, 0.2) is 18.2 Å². The number of benzene rings is 1. The highest BCUT2D eigenvalue weighted by Crippen LogP contribution is 2.26. The number of nitrogens with one attached hydrogen (secondary N) is 1. The lowest BCUT2D eigenvalue weighted by atomic mass is 10.1. The van der Waals surface area contributed by atoms with Crippen molar-refractivity contribution < 1.29 is 4.79 Å². The quantitative estimate of drug-likeness (QED) is 0.768. The van der Waals surface area contributed by atoms with E-state index in [0.29, 0.717) is 11.6 Å². The van der Waals surface area contributed by atoms with Crippen molar-refractivity contribution in [1.82, 2.24) is 4.98 Å². The molecule has 2 rings (SSSR count). The fourth-order valence-corrected chi connectivity index (χ4v) is 3.03. The second-order valence-corrected chi connectivity index (χ2v) is 6.02. The number of hydrogen-bond acceptors (Lipinski definition) is 4. The summed E-state index contributed by atoms with van der Waals surface area (Å²) in [6.45, 7) is 2.79. The molecule has 0 aliphatic rings.